The van der Waals surface area contributed by atoms with Gasteiger partial charge >= 0.3 is 0 Å². The van der Waals surface area contributed by atoms with Gasteiger partial charge in [-0.15, -0.1) is 0 Å². The lowest BCUT2D eigenvalue weighted by Gasteiger charge is -2.18. The van der Waals surface area contributed by atoms with Crippen molar-refractivity contribution in [3.63, 3.8) is 0 Å². The maximum atomic E-state index is 5.92. The molecule has 0 N–H and O–H groups in total. The molecule has 0 amide bonds. The molecule has 0 spiro atoms. The molecule has 1 fully saturated rings. The van der Waals surface area contributed by atoms with Gasteiger partial charge in [-0.1, -0.05) is 42.4 Å². The van der Waals surface area contributed by atoms with Gasteiger partial charge in [0.2, 0.25) is 0 Å². The normalized spacial score (nSPS) is 14.6. The molecule has 1 saturated heterocycles. The van der Waals surface area contributed by atoms with Crippen LogP contribution in [0.25, 0.3) is 5.57 Å². The van der Waals surface area contributed by atoms with E-state index < -0.39 is 0 Å². The van der Waals surface area contributed by atoms with Crippen molar-refractivity contribution in [2.24, 2.45) is 0 Å². The molecule has 20 heavy (non-hydrogen) atoms. The molecule has 3 rings (SSSR count). The molecular weight excluding hydrogens is 266 g/mol. The van der Waals surface area contributed by atoms with Gasteiger partial charge in [0.05, 0.1) is 0 Å². The average molecular weight is 284 g/mol. The zero-order valence-electron chi connectivity index (χ0n) is 11.5. The van der Waals surface area contributed by atoms with Crippen LogP contribution in [-0.2, 0) is 0 Å². The van der Waals surface area contributed by atoms with Gasteiger partial charge in [0.15, 0.2) is 0 Å². The van der Waals surface area contributed by atoms with Crippen LogP contribution in [0.1, 0.15) is 24.0 Å². The summed E-state index contributed by atoms with van der Waals surface area (Å²) in [5, 5.41) is 0.755. The smallest absolute Gasteiger partial charge is 0.0406 e. The minimum absolute atomic E-state index is 0.755. The van der Waals surface area contributed by atoms with Crippen LogP contribution >= 0.6 is 11.6 Å². The largest absolute Gasteiger partial charge is 0.372 e. The number of benzene rings is 2. The molecule has 1 heterocycles. The average Bonchev–Trinajstić information content (AvgIpc) is 3.02. The minimum atomic E-state index is 0.755. The van der Waals surface area contributed by atoms with Crippen molar-refractivity contribution in [2.45, 2.75) is 12.8 Å². The number of halogens is 1. The van der Waals surface area contributed by atoms with E-state index in [1.807, 2.05) is 24.3 Å². The van der Waals surface area contributed by atoms with Crippen molar-refractivity contribution in [3.05, 3.63) is 71.3 Å². The van der Waals surface area contributed by atoms with Crippen LogP contribution in [0.3, 0.4) is 0 Å². The van der Waals surface area contributed by atoms with E-state index >= 15 is 0 Å². The molecule has 102 valence electrons. The number of anilines is 1. The van der Waals surface area contributed by atoms with E-state index in [2.05, 4.69) is 35.7 Å². The molecule has 0 atom stereocenters. The molecule has 2 heteroatoms. The lowest BCUT2D eigenvalue weighted by Crippen LogP contribution is -2.17. The minimum Gasteiger partial charge on any atom is -0.372 e. The summed E-state index contributed by atoms with van der Waals surface area (Å²) in [6, 6.07) is 16.5. The van der Waals surface area contributed by atoms with Crippen LogP contribution in [0.15, 0.2) is 55.1 Å². The topological polar surface area (TPSA) is 3.24 Å². The highest BCUT2D eigenvalue weighted by Crippen LogP contribution is 2.26. The maximum absolute atomic E-state index is 5.92. The van der Waals surface area contributed by atoms with Gasteiger partial charge in [0.25, 0.3) is 0 Å². The summed E-state index contributed by atoms with van der Waals surface area (Å²) in [5.41, 5.74) is 4.63. The predicted molar refractivity (Wildman–Crippen MR) is 87.5 cm³/mol. The van der Waals surface area contributed by atoms with Crippen molar-refractivity contribution in [2.75, 3.05) is 18.0 Å². The quantitative estimate of drug-likeness (QED) is 0.766. The van der Waals surface area contributed by atoms with Gasteiger partial charge in [0.1, 0.15) is 0 Å². The first-order chi connectivity index (χ1) is 9.74. The van der Waals surface area contributed by atoms with Crippen molar-refractivity contribution in [1.29, 1.82) is 0 Å². The van der Waals surface area contributed by atoms with E-state index in [1.165, 1.54) is 31.6 Å². The van der Waals surface area contributed by atoms with E-state index in [4.69, 9.17) is 11.6 Å². The highest BCUT2D eigenvalue weighted by molar-refractivity contribution is 6.30. The third kappa shape index (κ3) is 2.73. The molecule has 2 aromatic rings. The fraction of sp³-hybridized carbons (Fsp3) is 0.222. The van der Waals surface area contributed by atoms with Gasteiger partial charge in [-0.2, -0.15) is 0 Å². The van der Waals surface area contributed by atoms with Gasteiger partial charge < -0.3 is 4.90 Å². The Morgan fingerprint density at radius 2 is 1.35 bits per heavy atom. The molecule has 2 aromatic carbocycles. The lowest BCUT2D eigenvalue weighted by atomic mass is 9.99. The predicted octanol–water partition coefficient (Wildman–Crippen LogP) is 5.00. The zero-order valence-corrected chi connectivity index (χ0v) is 12.2. The molecule has 0 unspecified atom stereocenters. The van der Waals surface area contributed by atoms with Crippen molar-refractivity contribution < 1.29 is 0 Å². The summed E-state index contributed by atoms with van der Waals surface area (Å²) in [6.07, 6.45) is 2.61. The lowest BCUT2D eigenvalue weighted by molar-refractivity contribution is 0.949. The second-order valence-corrected chi connectivity index (χ2v) is 5.66. The van der Waals surface area contributed by atoms with E-state index in [0.717, 1.165) is 21.7 Å². The molecule has 0 aromatic heterocycles. The Hall–Kier alpha value is -1.73. The third-order valence-electron chi connectivity index (χ3n) is 3.88. The summed E-state index contributed by atoms with van der Waals surface area (Å²) in [4.78, 5) is 2.44. The van der Waals surface area contributed by atoms with Gasteiger partial charge in [-0.25, -0.2) is 0 Å². The fourth-order valence-electron chi connectivity index (χ4n) is 2.67. The van der Waals surface area contributed by atoms with Crippen molar-refractivity contribution in [1.82, 2.24) is 0 Å². The highest BCUT2D eigenvalue weighted by Gasteiger charge is 2.12. The van der Waals surface area contributed by atoms with Crippen LogP contribution in [0.4, 0.5) is 5.69 Å². The molecule has 0 bridgehead atoms. The summed E-state index contributed by atoms with van der Waals surface area (Å²) in [6.45, 7) is 6.55. The molecule has 0 saturated carbocycles. The number of nitrogens with zero attached hydrogens (tertiary/aromatic N) is 1. The van der Waals surface area contributed by atoms with E-state index in [-0.39, 0.29) is 0 Å². The first-order valence-corrected chi connectivity index (χ1v) is 7.42. The second-order valence-electron chi connectivity index (χ2n) is 5.23. The Kier molecular flexibility index (Phi) is 3.79. The van der Waals surface area contributed by atoms with Gasteiger partial charge in [-0.3, -0.25) is 0 Å². The second kappa shape index (κ2) is 5.72. The molecule has 1 aliphatic rings. The van der Waals surface area contributed by atoms with E-state index in [1.54, 1.807) is 0 Å². The standard InChI is InChI=1S/C18H18ClN/c1-14(15-4-8-17(19)9-5-15)16-6-10-18(11-7-16)20-12-2-3-13-20/h4-11H,1-3,12-13H2. The Morgan fingerprint density at radius 1 is 0.850 bits per heavy atom. The van der Waals surface area contributed by atoms with Gasteiger partial charge in [0, 0.05) is 23.8 Å². The summed E-state index contributed by atoms with van der Waals surface area (Å²) in [5.74, 6) is 0. The van der Waals surface area contributed by atoms with Gasteiger partial charge in [-0.05, 0) is 53.8 Å². The van der Waals surface area contributed by atoms with Crippen LogP contribution in [0, 0.1) is 0 Å². The summed E-state index contributed by atoms with van der Waals surface area (Å²) in [7, 11) is 0. The molecule has 0 radical (unpaired) electrons. The number of hydrogen-bond donors (Lipinski definition) is 0. The number of hydrogen-bond acceptors (Lipinski definition) is 1. The van der Waals surface area contributed by atoms with Crippen LogP contribution in [-0.4, -0.2) is 13.1 Å². The first-order valence-electron chi connectivity index (χ1n) is 7.04. The SMILES string of the molecule is C=C(c1ccc(Cl)cc1)c1ccc(N2CCCC2)cc1. The Morgan fingerprint density at radius 3 is 1.90 bits per heavy atom. The maximum Gasteiger partial charge on any atom is 0.0406 e. The van der Waals surface area contributed by atoms with Crippen LogP contribution < -0.4 is 4.90 Å². The molecule has 1 nitrogen and oxygen atoms in total. The Balaban J connectivity index is 1.80. The Bertz CT molecular complexity index is 592. The van der Waals surface area contributed by atoms with Crippen molar-refractivity contribution in [3.8, 4) is 0 Å². The zero-order chi connectivity index (χ0) is 13.9. The fourth-order valence-corrected chi connectivity index (χ4v) is 2.79. The summed E-state index contributed by atoms with van der Waals surface area (Å²) >= 11 is 5.92. The van der Waals surface area contributed by atoms with Crippen LogP contribution in [0.5, 0.6) is 0 Å². The number of rotatable bonds is 3. The molecular formula is C18H18ClN. The third-order valence-corrected chi connectivity index (χ3v) is 4.13. The van der Waals surface area contributed by atoms with E-state index in [9.17, 15) is 0 Å². The summed E-state index contributed by atoms with van der Waals surface area (Å²) < 4.78 is 0. The Labute approximate surface area is 125 Å². The highest BCUT2D eigenvalue weighted by atomic mass is 35.5. The first kappa shape index (κ1) is 13.3. The molecule has 1 aliphatic heterocycles. The van der Waals surface area contributed by atoms with E-state index in [0.29, 0.717) is 0 Å². The monoisotopic (exact) mass is 283 g/mol. The van der Waals surface area contributed by atoms with Crippen LogP contribution in [0.2, 0.25) is 5.02 Å². The van der Waals surface area contributed by atoms with Crippen molar-refractivity contribution >= 4 is 22.9 Å². The molecule has 0 aliphatic carbocycles.